The molecule has 28 heteroatoms. The molecule has 348 valence electrons. The number of unbranched alkanes of at least 4 members (excludes halogenated alkanes) is 2. The number of carbonyl (C=O) groups excluding carboxylic acids is 2. The average molecular weight is 967 g/mol. The average Bonchev–Trinajstić information content (AvgIpc) is 4.02. The molecule has 3 aromatic heterocycles. The lowest BCUT2D eigenvalue weighted by atomic mass is 9.89. The second-order valence-electron chi connectivity index (χ2n) is 15.0. The number of rotatable bonds is 21. The number of nitrogens with zero attached hydrogens (tertiary/aromatic N) is 6. The number of anilines is 1. The molecule has 0 bridgehead atoms. The fraction of sp³-hybridized carbons (Fsp3) is 0.351. The third kappa shape index (κ3) is 11.4. The van der Waals surface area contributed by atoms with E-state index in [0.29, 0.717) is 53.1 Å². The number of hydrogen-bond acceptors (Lipinski definition) is 14. The number of amides is 1. The van der Waals surface area contributed by atoms with Crippen LogP contribution in [-0.4, -0.2) is 104 Å². The summed E-state index contributed by atoms with van der Waals surface area (Å²) in [5.41, 5.74) is 9.19. The molecule has 65 heavy (non-hydrogen) atoms. The number of ketones is 1. The molecule has 0 aliphatic carbocycles. The zero-order chi connectivity index (χ0) is 46.7. The number of aromatic nitrogens is 5. The van der Waals surface area contributed by atoms with Crippen LogP contribution in [0.2, 0.25) is 0 Å². The van der Waals surface area contributed by atoms with Gasteiger partial charge >= 0.3 is 30.4 Å². The molecule has 22 nitrogen and oxygen atoms in total. The SMILES string of the molecule is CC1=CC(c2ccccc2)=[N+]2C1=Cc1ccc(CCC(=O)C(=O)NCCCC/C=C/CO[C@H]3C[C@H](n4cnc5c(N)ncnc54)O[C@@H]3COP(=O)(O)OP(=O)(O)OP(=O)(O)O)n1[B-]2(F)F. The fourth-order valence-electron chi connectivity index (χ4n) is 7.64. The maximum atomic E-state index is 16.3. The number of carbonyl (C=O) groups is 2. The first kappa shape index (κ1) is 48.1. The van der Waals surface area contributed by atoms with E-state index in [1.807, 2.05) is 6.07 Å². The van der Waals surface area contributed by atoms with Crippen LogP contribution < -0.4 is 11.1 Å². The summed E-state index contributed by atoms with van der Waals surface area (Å²) in [5, 5.41) is 2.59. The number of fused-ring (bicyclic) bond motifs is 3. The van der Waals surface area contributed by atoms with E-state index in [2.05, 4.69) is 28.9 Å². The fourth-order valence-corrected chi connectivity index (χ4v) is 10.7. The minimum atomic E-state index is -5.75. The van der Waals surface area contributed by atoms with Gasteiger partial charge in [0.2, 0.25) is 5.78 Å². The monoisotopic (exact) mass is 966 g/mol. The van der Waals surface area contributed by atoms with Crippen LogP contribution in [0.4, 0.5) is 14.4 Å². The maximum absolute atomic E-state index is 16.3. The van der Waals surface area contributed by atoms with Crippen molar-refractivity contribution in [1.29, 1.82) is 0 Å². The summed E-state index contributed by atoms with van der Waals surface area (Å²) in [4.78, 5) is 74.8. The zero-order valence-corrected chi connectivity index (χ0v) is 37.1. The second kappa shape index (κ2) is 19.5. The second-order valence-corrected chi connectivity index (χ2v) is 19.5. The Bertz CT molecular complexity index is 2740. The molecule has 0 spiro atoms. The van der Waals surface area contributed by atoms with Crippen molar-refractivity contribution in [2.75, 3.05) is 25.5 Å². The predicted octanol–water partition coefficient (Wildman–Crippen LogP) is 4.31. The van der Waals surface area contributed by atoms with Gasteiger partial charge in [0.15, 0.2) is 22.9 Å². The Hall–Kier alpha value is -4.87. The van der Waals surface area contributed by atoms with Gasteiger partial charge in [0.25, 0.3) is 5.91 Å². The smallest absolute Gasteiger partial charge is 0.394 e. The highest BCUT2D eigenvalue weighted by Gasteiger charge is 2.53. The van der Waals surface area contributed by atoms with Crippen molar-refractivity contribution in [3.63, 3.8) is 0 Å². The molecule has 1 fully saturated rings. The van der Waals surface area contributed by atoms with Crippen LogP contribution in [0.15, 0.2) is 84.6 Å². The minimum absolute atomic E-state index is 0.0217. The van der Waals surface area contributed by atoms with Gasteiger partial charge < -0.3 is 57.7 Å². The molecule has 1 amide bonds. The topological polar surface area (TPSA) is 302 Å². The molecule has 3 aliphatic heterocycles. The molecule has 4 aromatic rings. The number of nitrogens with one attached hydrogen (secondary N) is 1. The van der Waals surface area contributed by atoms with Gasteiger partial charge in [0, 0.05) is 48.4 Å². The molecule has 6 heterocycles. The standard InChI is InChI=1S/C37H44BF2N8O14P3/c1-24-18-29(25-10-6-5-7-11-25)48-28(24)19-27-13-12-26(47(27)38(48,39)40)14-15-30(49)37(50)42-16-8-3-2-4-9-17-58-31-20-33(46-23-45-34-35(41)43-22-44-36(34)46)60-32(31)21-59-64(54,55)62-65(56,57)61-63(51,52)53/h4-7,9-13,18-19,22-23,31-33H,2-3,8,14-17,20-21H2,1H3,(H,42,50)(H,54,55)(H,56,57)(H2,41,43,44)(H2,51,52,53)/b9-4+/t31-,32+,33+/m0/s1. The number of aryl methyl sites for hydroxylation is 1. The number of nitrogen functional groups attached to an aromatic ring is 1. The number of phosphoric acid groups is 3. The predicted molar refractivity (Wildman–Crippen MR) is 227 cm³/mol. The van der Waals surface area contributed by atoms with E-state index in [-0.39, 0.29) is 49.4 Å². The van der Waals surface area contributed by atoms with E-state index < -0.39 is 67.2 Å². The molecular weight excluding hydrogens is 922 g/mol. The van der Waals surface area contributed by atoms with Crippen LogP contribution in [-0.2, 0) is 52.3 Å². The number of halogens is 2. The number of Topliss-reactive ketones (excluding diaryl/α,β-unsaturated/α-hetero) is 1. The molecule has 0 saturated carbocycles. The summed E-state index contributed by atoms with van der Waals surface area (Å²) in [5.74, 6) is -1.43. The van der Waals surface area contributed by atoms with Crippen LogP contribution in [0.3, 0.4) is 0 Å². The van der Waals surface area contributed by atoms with E-state index >= 15 is 8.63 Å². The van der Waals surface area contributed by atoms with Gasteiger partial charge in [-0.15, -0.1) is 0 Å². The van der Waals surface area contributed by atoms with E-state index in [4.69, 9.17) is 29.5 Å². The van der Waals surface area contributed by atoms with Crippen molar-refractivity contribution in [3.05, 3.63) is 102 Å². The van der Waals surface area contributed by atoms with Gasteiger partial charge in [-0.3, -0.25) is 18.7 Å². The summed E-state index contributed by atoms with van der Waals surface area (Å²) in [7, 11) is -16.8. The molecule has 1 saturated heterocycles. The van der Waals surface area contributed by atoms with Crippen LogP contribution >= 0.6 is 23.5 Å². The quantitative estimate of drug-likeness (QED) is 0.0223. The highest BCUT2D eigenvalue weighted by molar-refractivity contribution is 7.66. The molecule has 1 aromatic carbocycles. The van der Waals surface area contributed by atoms with E-state index in [1.165, 1.54) is 17.2 Å². The van der Waals surface area contributed by atoms with E-state index in [1.54, 1.807) is 67.6 Å². The van der Waals surface area contributed by atoms with Crippen molar-refractivity contribution in [3.8, 4) is 0 Å². The normalized spacial score (nSPS) is 21.2. The first-order valence-corrected chi connectivity index (χ1v) is 24.5. The first-order valence-electron chi connectivity index (χ1n) is 20.0. The third-order valence-corrected chi connectivity index (χ3v) is 14.3. The maximum Gasteiger partial charge on any atom is 0.737 e. The summed E-state index contributed by atoms with van der Waals surface area (Å²) >= 11 is 0. The number of benzene rings is 1. The van der Waals surface area contributed by atoms with Crippen LogP contribution in [0.25, 0.3) is 17.2 Å². The Labute approximate surface area is 369 Å². The first-order chi connectivity index (χ1) is 30.7. The van der Waals surface area contributed by atoms with Crippen molar-refractivity contribution in [1.82, 2.24) is 29.3 Å². The Morgan fingerprint density at radius 2 is 1.78 bits per heavy atom. The number of hydrogen-bond donors (Lipinski definition) is 6. The number of ether oxygens (including phenoxy) is 2. The van der Waals surface area contributed by atoms with Crippen molar-refractivity contribution >= 4 is 70.9 Å². The Kier molecular flexibility index (Phi) is 14.5. The highest BCUT2D eigenvalue weighted by atomic mass is 31.3. The van der Waals surface area contributed by atoms with Crippen LogP contribution in [0.1, 0.15) is 62.2 Å². The lowest BCUT2D eigenvalue weighted by molar-refractivity contribution is -0.361. The van der Waals surface area contributed by atoms with Crippen molar-refractivity contribution < 1.29 is 78.6 Å². The molecule has 5 atom stereocenters. The van der Waals surface area contributed by atoms with Gasteiger partial charge in [-0.1, -0.05) is 30.4 Å². The van der Waals surface area contributed by atoms with Gasteiger partial charge in [-0.2, -0.15) is 8.62 Å². The van der Waals surface area contributed by atoms with Gasteiger partial charge in [-0.25, -0.2) is 28.6 Å². The largest absolute Gasteiger partial charge is 0.737 e. The van der Waals surface area contributed by atoms with Gasteiger partial charge in [0.1, 0.15) is 24.2 Å². The molecule has 0 radical (unpaired) electrons. The molecule has 3 aliphatic rings. The molecule has 7 rings (SSSR count). The molecular formula is C37H44BF2N8O14P3. The summed E-state index contributed by atoms with van der Waals surface area (Å²) in [6.07, 6.45) is 8.24. The van der Waals surface area contributed by atoms with Crippen LogP contribution in [0.5, 0.6) is 0 Å². The van der Waals surface area contributed by atoms with Gasteiger partial charge in [0.05, 0.1) is 25.6 Å². The van der Waals surface area contributed by atoms with Gasteiger partial charge in [-0.05, 0) is 62.6 Å². The third-order valence-electron chi connectivity index (χ3n) is 10.5. The number of allylic oxidation sites excluding steroid dienone is 3. The summed E-state index contributed by atoms with van der Waals surface area (Å²) in [6.45, 7) is -3.07. The lowest BCUT2D eigenvalue weighted by Gasteiger charge is -2.31. The highest BCUT2D eigenvalue weighted by Crippen LogP contribution is 2.66. The lowest BCUT2D eigenvalue weighted by Crippen LogP contribution is -2.51. The van der Waals surface area contributed by atoms with E-state index in [9.17, 15) is 33.1 Å². The van der Waals surface area contributed by atoms with Crippen molar-refractivity contribution in [2.45, 2.75) is 63.9 Å². The number of imidazole rings is 1. The van der Waals surface area contributed by atoms with E-state index in [0.717, 1.165) is 8.96 Å². The molecule has 2 unspecified atom stereocenters. The van der Waals surface area contributed by atoms with Crippen molar-refractivity contribution in [2.24, 2.45) is 0 Å². The Morgan fingerprint density at radius 1 is 1.02 bits per heavy atom. The molecule has 7 N–H and O–H groups in total. The Morgan fingerprint density at radius 3 is 2.54 bits per heavy atom. The zero-order valence-electron chi connectivity index (χ0n) is 34.4. The summed E-state index contributed by atoms with van der Waals surface area (Å²) < 4.78 is 95.7. The Balaban J connectivity index is 0.862. The van der Waals surface area contributed by atoms with Crippen LogP contribution in [0, 0.1) is 0 Å². The summed E-state index contributed by atoms with van der Waals surface area (Å²) in [6, 6.07) is 12.1. The minimum Gasteiger partial charge on any atom is -0.394 e. The number of nitrogens with two attached hydrogens (primary N) is 1. The number of phosphoric ester groups is 1.